The zero-order valence-electron chi connectivity index (χ0n) is 20.5. The second-order valence-electron chi connectivity index (χ2n) is 8.89. The summed E-state index contributed by atoms with van der Waals surface area (Å²) in [4.78, 5) is 37.9. The van der Waals surface area contributed by atoms with Gasteiger partial charge in [-0.3, -0.25) is 23.7 Å². The van der Waals surface area contributed by atoms with Crippen molar-refractivity contribution in [1.82, 2.24) is 14.6 Å². The molecule has 15 heteroatoms. The molecule has 204 valence electrons. The fourth-order valence-corrected chi connectivity index (χ4v) is 5.14. The highest BCUT2D eigenvalue weighted by Crippen LogP contribution is 2.47. The van der Waals surface area contributed by atoms with Crippen LogP contribution in [-0.2, 0) is 23.4 Å². The summed E-state index contributed by atoms with van der Waals surface area (Å²) in [5.41, 5.74) is -3.53. The van der Waals surface area contributed by atoms with Gasteiger partial charge in [0, 0.05) is 17.3 Å². The molecular weight excluding hydrogens is 533 g/mol. The normalized spacial score (nSPS) is 26.0. The van der Waals surface area contributed by atoms with Crippen molar-refractivity contribution in [3.8, 4) is 5.75 Å². The fourth-order valence-electron chi connectivity index (χ4n) is 3.51. The molecule has 3 rings (SSSR count). The van der Waals surface area contributed by atoms with Crippen LogP contribution in [0.1, 0.15) is 33.9 Å². The van der Waals surface area contributed by atoms with Crippen LogP contribution in [0.15, 0.2) is 46.1 Å². The lowest BCUT2D eigenvalue weighted by molar-refractivity contribution is -0.149. The third kappa shape index (κ3) is 7.08. The monoisotopic (exact) mass is 561 g/mol. The second kappa shape index (κ2) is 11.5. The molecular formula is C22H29ClN3O10P. The molecule has 37 heavy (non-hydrogen) atoms. The van der Waals surface area contributed by atoms with Crippen molar-refractivity contribution < 1.29 is 38.1 Å². The highest BCUT2D eigenvalue weighted by atomic mass is 35.5. The van der Waals surface area contributed by atoms with Gasteiger partial charge in [-0.05, 0) is 52.0 Å². The summed E-state index contributed by atoms with van der Waals surface area (Å²) in [6.45, 7) is 5.34. The van der Waals surface area contributed by atoms with Crippen LogP contribution in [0.25, 0.3) is 0 Å². The molecule has 0 spiro atoms. The van der Waals surface area contributed by atoms with Crippen molar-refractivity contribution in [2.45, 2.75) is 63.9 Å². The molecule has 0 aliphatic carbocycles. The topological polar surface area (TPSA) is 178 Å². The van der Waals surface area contributed by atoms with Crippen molar-refractivity contribution in [2.24, 2.45) is 0 Å². The van der Waals surface area contributed by atoms with Crippen molar-refractivity contribution in [2.75, 3.05) is 6.61 Å². The van der Waals surface area contributed by atoms with Crippen LogP contribution >= 0.6 is 19.3 Å². The Hall–Kier alpha value is -2.51. The van der Waals surface area contributed by atoms with Gasteiger partial charge in [0.05, 0.1) is 12.7 Å². The Morgan fingerprint density at radius 2 is 1.92 bits per heavy atom. The van der Waals surface area contributed by atoms with Gasteiger partial charge in [-0.25, -0.2) is 9.36 Å². The summed E-state index contributed by atoms with van der Waals surface area (Å²) < 4.78 is 36.4. The fraction of sp³-hybridized carbons (Fsp3) is 0.500. The third-order valence-electron chi connectivity index (χ3n) is 5.36. The van der Waals surface area contributed by atoms with Crippen LogP contribution in [0.3, 0.4) is 0 Å². The summed E-state index contributed by atoms with van der Waals surface area (Å²) in [5, 5.41) is 24.4. The van der Waals surface area contributed by atoms with E-state index in [0.717, 1.165) is 16.8 Å². The maximum Gasteiger partial charge on any atom is 0.459 e. The van der Waals surface area contributed by atoms with E-state index in [1.807, 2.05) is 4.98 Å². The van der Waals surface area contributed by atoms with E-state index < -0.39 is 67.8 Å². The van der Waals surface area contributed by atoms with Gasteiger partial charge in [0.15, 0.2) is 6.23 Å². The van der Waals surface area contributed by atoms with E-state index in [9.17, 15) is 29.2 Å². The minimum atomic E-state index is -4.32. The maximum atomic E-state index is 13.6. The van der Waals surface area contributed by atoms with Crippen molar-refractivity contribution in [3.63, 3.8) is 0 Å². The predicted molar refractivity (Wildman–Crippen MR) is 131 cm³/mol. The summed E-state index contributed by atoms with van der Waals surface area (Å²) >= 11 is 5.89. The van der Waals surface area contributed by atoms with Crippen LogP contribution < -0.4 is 20.9 Å². The molecule has 0 saturated carbocycles. The molecule has 4 unspecified atom stereocenters. The van der Waals surface area contributed by atoms with Gasteiger partial charge >= 0.3 is 19.4 Å². The van der Waals surface area contributed by atoms with Crippen LogP contribution in [0.5, 0.6) is 5.75 Å². The van der Waals surface area contributed by atoms with Crippen LogP contribution in [0, 0.1) is 0 Å². The van der Waals surface area contributed by atoms with Gasteiger partial charge in [-0.1, -0.05) is 11.6 Å². The largest absolute Gasteiger partial charge is 0.462 e. The Bertz CT molecular complexity index is 1260. The number of nitrogens with zero attached hydrogens (tertiary/aromatic N) is 1. The zero-order valence-corrected chi connectivity index (χ0v) is 22.1. The number of aromatic nitrogens is 2. The van der Waals surface area contributed by atoms with Crippen LogP contribution in [0.4, 0.5) is 0 Å². The van der Waals surface area contributed by atoms with Crippen molar-refractivity contribution in [3.05, 3.63) is 62.4 Å². The highest BCUT2D eigenvalue weighted by molar-refractivity contribution is 7.52. The average Bonchev–Trinajstić information content (AvgIpc) is 3.02. The number of carbonyl (C=O) groups excluding carboxylic acids is 1. The number of esters is 1. The van der Waals surface area contributed by atoms with Gasteiger partial charge in [-0.2, -0.15) is 5.09 Å². The SMILES string of the molecule is CC(C)OC(=O)C(C)NP(=O)(OCC1OC(n2ccc(=O)[nH]c2=O)[C@](C)(O)[C@@H]1O)Oc1ccc(Cl)cc1. The molecule has 2 heterocycles. The van der Waals surface area contributed by atoms with Crippen LogP contribution in [0.2, 0.25) is 5.02 Å². The molecule has 0 radical (unpaired) electrons. The molecule has 0 amide bonds. The minimum Gasteiger partial charge on any atom is -0.462 e. The number of aliphatic hydroxyl groups is 2. The number of aliphatic hydroxyl groups excluding tert-OH is 1. The Labute approximate surface area is 216 Å². The number of nitrogens with one attached hydrogen (secondary N) is 2. The Morgan fingerprint density at radius 1 is 1.27 bits per heavy atom. The number of H-pyrrole nitrogens is 1. The number of halogens is 1. The third-order valence-corrected chi connectivity index (χ3v) is 7.26. The van der Waals surface area contributed by atoms with E-state index in [2.05, 4.69) is 5.09 Å². The lowest BCUT2D eigenvalue weighted by Crippen LogP contribution is -2.47. The molecule has 1 saturated heterocycles. The van der Waals surface area contributed by atoms with Gasteiger partial charge in [0.1, 0.15) is 29.6 Å². The van der Waals surface area contributed by atoms with Gasteiger partial charge in [0.25, 0.3) is 5.56 Å². The first-order chi connectivity index (χ1) is 17.2. The number of ether oxygens (including phenoxy) is 2. The van der Waals surface area contributed by atoms with E-state index >= 15 is 0 Å². The first kappa shape index (κ1) is 29.1. The molecule has 1 aliphatic rings. The lowest BCUT2D eigenvalue weighted by Gasteiger charge is -2.27. The van der Waals surface area contributed by atoms with E-state index in [1.54, 1.807) is 13.8 Å². The molecule has 4 N–H and O–H groups in total. The summed E-state index contributed by atoms with van der Waals surface area (Å²) in [6, 6.07) is 5.78. The molecule has 2 aromatic rings. The highest BCUT2D eigenvalue weighted by Gasteiger charge is 2.54. The number of benzene rings is 1. The molecule has 1 aromatic carbocycles. The number of hydrogen-bond donors (Lipinski definition) is 4. The minimum absolute atomic E-state index is 0.0993. The average molecular weight is 562 g/mol. The summed E-state index contributed by atoms with van der Waals surface area (Å²) in [7, 11) is -4.32. The first-order valence-corrected chi connectivity index (χ1v) is 13.2. The lowest BCUT2D eigenvalue weighted by atomic mass is 9.96. The van der Waals surface area contributed by atoms with E-state index in [0.29, 0.717) is 5.02 Å². The van der Waals surface area contributed by atoms with Crippen molar-refractivity contribution in [1.29, 1.82) is 0 Å². The predicted octanol–water partition coefficient (Wildman–Crippen LogP) is 1.33. The number of aromatic amines is 1. The quantitative estimate of drug-likeness (QED) is 0.243. The smallest absolute Gasteiger partial charge is 0.459 e. The van der Waals surface area contributed by atoms with Crippen LogP contribution in [-0.4, -0.2) is 62.3 Å². The molecule has 1 aliphatic heterocycles. The number of carbonyl (C=O) groups is 1. The summed E-state index contributed by atoms with van der Waals surface area (Å²) in [5.74, 6) is -0.613. The standard InChI is InChI=1S/C22H29ClN3O10P/c1-12(2)34-19(29)13(3)25-37(32,36-15-7-5-14(23)6-8-15)33-11-16-18(28)22(4,31)20(35-16)26-10-9-17(27)24-21(26)30/h5-10,12-13,16,18,20,28,31H,11H2,1-4H3,(H,25,32)(H,24,27,30)/t13?,16?,18-,20?,22-,37?/m1/s1. The number of rotatable bonds is 10. The van der Waals surface area contributed by atoms with E-state index in [4.69, 9.17) is 30.1 Å². The molecule has 1 aromatic heterocycles. The van der Waals surface area contributed by atoms with Gasteiger partial charge in [-0.15, -0.1) is 0 Å². The summed E-state index contributed by atoms with van der Waals surface area (Å²) in [6.07, 6.45) is -3.63. The first-order valence-electron chi connectivity index (χ1n) is 11.3. The second-order valence-corrected chi connectivity index (χ2v) is 11.0. The molecule has 0 bridgehead atoms. The molecule has 6 atom stereocenters. The number of hydrogen-bond acceptors (Lipinski definition) is 10. The van der Waals surface area contributed by atoms with E-state index in [1.165, 1.54) is 38.1 Å². The molecule has 1 fully saturated rings. The van der Waals surface area contributed by atoms with E-state index in [-0.39, 0.29) is 5.75 Å². The Morgan fingerprint density at radius 3 is 2.51 bits per heavy atom. The molecule has 13 nitrogen and oxygen atoms in total. The van der Waals surface area contributed by atoms with Gasteiger partial charge in [0.2, 0.25) is 0 Å². The van der Waals surface area contributed by atoms with Gasteiger partial charge < -0.3 is 24.2 Å². The van der Waals surface area contributed by atoms with Crippen molar-refractivity contribution >= 4 is 25.3 Å². The Balaban J connectivity index is 1.81. The Kier molecular flexibility index (Phi) is 9.01. The zero-order chi connectivity index (χ0) is 27.5. The maximum absolute atomic E-state index is 13.6.